The number of nitrogens with one attached hydrogen (secondary N) is 1. The van der Waals surface area contributed by atoms with Gasteiger partial charge in [-0.25, -0.2) is 13.9 Å². The first-order valence-electron chi connectivity index (χ1n) is 10.5. The predicted octanol–water partition coefficient (Wildman–Crippen LogP) is 2.64. The van der Waals surface area contributed by atoms with Gasteiger partial charge in [-0.1, -0.05) is 0 Å². The highest BCUT2D eigenvalue weighted by Gasteiger charge is 2.23. The van der Waals surface area contributed by atoms with Gasteiger partial charge < -0.3 is 20.7 Å². The quantitative estimate of drug-likeness (QED) is 0.600. The molecule has 10 heteroatoms. The SMILES string of the molecule is CCN1Cc2c(ccc(F)c2C#N)O[C@@H](C)CCCNC(=O)c2c(N)nn3ccc1nc23. The highest BCUT2D eigenvalue weighted by Crippen LogP contribution is 2.30. The normalized spacial score (nSPS) is 17.1. The third-order valence-electron chi connectivity index (χ3n) is 5.51. The van der Waals surface area contributed by atoms with Gasteiger partial charge in [0.15, 0.2) is 11.5 Å². The second-order valence-electron chi connectivity index (χ2n) is 7.67. The number of halogens is 1. The highest BCUT2D eigenvalue weighted by molar-refractivity contribution is 6.04. The number of fused-ring (bicyclic) bond motifs is 2. The number of nitriles is 1. The fourth-order valence-corrected chi connectivity index (χ4v) is 3.82. The number of nitrogens with two attached hydrogens (primary N) is 1. The molecule has 32 heavy (non-hydrogen) atoms. The van der Waals surface area contributed by atoms with E-state index in [1.807, 2.05) is 24.8 Å². The van der Waals surface area contributed by atoms with Gasteiger partial charge >= 0.3 is 0 Å². The first-order chi connectivity index (χ1) is 15.4. The monoisotopic (exact) mass is 437 g/mol. The molecule has 0 spiro atoms. The Morgan fingerprint density at radius 2 is 2.22 bits per heavy atom. The predicted molar refractivity (Wildman–Crippen MR) is 117 cm³/mol. The van der Waals surface area contributed by atoms with E-state index in [1.54, 1.807) is 18.3 Å². The van der Waals surface area contributed by atoms with Gasteiger partial charge in [-0.2, -0.15) is 5.26 Å². The van der Waals surface area contributed by atoms with E-state index in [9.17, 15) is 14.4 Å². The number of nitrogen functional groups attached to an aromatic ring is 1. The summed E-state index contributed by atoms with van der Waals surface area (Å²) in [7, 11) is 0. The van der Waals surface area contributed by atoms with Crippen LogP contribution in [0, 0.1) is 17.1 Å². The second-order valence-corrected chi connectivity index (χ2v) is 7.67. The zero-order chi connectivity index (χ0) is 22.8. The molecule has 0 radical (unpaired) electrons. The summed E-state index contributed by atoms with van der Waals surface area (Å²) >= 11 is 0. The lowest BCUT2D eigenvalue weighted by Gasteiger charge is -2.25. The Labute approximate surface area is 184 Å². The van der Waals surface area contributed by atoms with Crippen molar-refractivity contribution in [2.45, 2.75) is 39.3 Å². The minimum Gasteiger partial charge on any atom is -0.490 e. The maximum Gasteiger partial charge on any atom is 0.258 e. The number of carbonyl (C=O) groups is 1. The number of amides is 1. The first-order valence-corrected chi connectivity index (χ1v) is 10.5. The molecule has 2 bridgehead atoms. The van der Waals surface area contributed by atoms with Gasteiger partial charge in [-0.3, -0.25) is 4.79 Å². The molecule has 9 nitrogen and oxygen atoms in total. The lowest BCUT2D eigenvalue weighted by molar-refractivity contribution is 0.0953. The fourth-order valence-electron chi connectivity index (χ4n) is 3.82. The number of carbonyl (C=O) groups excluding carboxylic acids is 1. The van der Waals surface area contributed by atoms with Gasteiger partial charge in [0, 0.05) is 31.4 Å². The molecule has 1 atom stereocenters. The lowest BCUT2D eigenvalue weighted by Crippen LogP contribution is -2.26. The minimum absolute atomic E-state index is 0.0512. The van der Waals surface area contributed by atoms with Crippen LogP contribution in [0.15, 0.2) is 24.4 Å². The van der Waals surface area contributed by atoms with Crippen molar-refractivity contribution in [2.75, 3.05) is 23.7 Å². The largest absolute Gasteiger partial charge is 0.490 e. The van der Waals surface area contributed by atoms with Crippen LogP contribution in [0.1, 0.15) is 48.2 Å². The molecular weight excluding hydrogens is 413 g/mol. The van der Waals surface area contributed by atoms with E-state index in [4.69, 9.17) is 10.5 Å². The Bertz CT molecular complexity index is 1220. The van der Waals surface area contributed by atoms with Crippen molar-refractivity contribution in [1.82, 2.24) is 19.9 Å². The summed E-state index contributed by atoms with van der Waals surface area (Å²) in [6, 6.07) is 6.51. The van der Waals surface area contributed by atoms with Crippen molar-refractivity contribution < 1.29 is 13.9 Å². The van der Waals surface area contributed by atoms with E-state index < -0.39 is 5.82 Å². The molecule has 4 rings (SSSR count). The summed E-state index contributed by atoms with van der Waals surface area (Å²) in [5, 5.41) is 16.7. The van der Waals surface area contributed by atoms with E-state index in [-0.39, 0.29) is 35.5 Å². The van der Waals surface area contributed by atoms with Gasteiger partial charge in [0.05, 0.1) is 11.7 Å². The maximum absolute atomic E-state index is 14.5. The summed E-state index contributed by atoms with van der Waals surface area (Å²) in [4.78, 5) is 19.3. The standard InChI is InChI=1S/C22H24FN7O2/c1-3-29-12-15-14(11-24)16(23)6-7-17(15)32-13(2)5-4-9-26-22(31)19-20(25)28-30-10-8-18(29)27-21(19)30/h6-8,10,13H,3-5,9,12H2,1-2H3,(H2,25,28)(H,26,31)/t13-/m0/s1. The third-order valence-corrected chi connectivity index (χ3v) is 5.51. The fraction of sp³-hybridized carbons (Fsp3) is 0.364. The number of nitrogens with zero attached hydrogens (tertiary/aromatic N) is 5. The molecule has 0 fully saturated rings. The summed E-state index contributed by atoms with van der Waals surface area (Å²) < 4.78 is 22.0. The molecule has 0 aliphatic carbocycles. The molecule has 166 valence electrons. The molecule has 2 aromatic heterocycles. The molecule has 0 saturated heterocycles. The van der Waals surface area contributed by atoms with Crippen LogP contribution in [0.3, 0.4) is 0 Å². The van der Waals surface area contributed by atoms with Crippen molar-refractivity contribution in [1.29, 1.82) is 5.26 Å². The minimum atomic E-state index is -0.597. The van der Waals surface area contributed by atoms with Gasteiger partial charge in [-0.15, -0.1) is 5.10 Å². The van der Waals surface area contributed by atoms with Crippen molar-refractivity contribution in [3.8, 4) is 11.8 Å². The van der Waals surface area contributed by atoms with Gasteiger partial charge in [-0.05, 0) is 44.9 Å². The smallest absolute Gasteiger partial charge is 0.258 e. The number of rotatable bonds is 1. The number of hydrogen-bond donors (Lipinski definition) is 2. The molecule has 3 aromatic rings. The lowest BCUT2D eigenvalue weighted by atomic mass is 10.1. The zero-order valence-corrected chi connectivity index (χ0v) is 17.9. The summed E-state index contributed by atoms with van der Waals surface area (Å²) in [6.07, 6.45) is 2.78. The van der Waals surface area contributed by atoms with E-state index in [2.05, 4.69) is 15.4 Å². The average Bonchev–Trinajstić information content (AvgIpc) is 3.10. The second kappa shape index (κ2) is 8.70. The van der Waals surface area contributed by atoms with Gasteiger partial charge in [0.2, 0.25) is 0 Å². The Morgan fingerprint density at radius 3 is 2.97 bits per heavy atom. The van der Waals surface area contributed by atoms with Crippen LogP contribution < -0.4 is 20.7 Å². The van der Waals surface area contributed by atoms with E-state index >= 15 is 0 Å². The van der Waals surface area contributed by atoms with Crippen molar-refractivity contribution in [3.63, 3.8) is 0 Å². The summed E-state index contributed by atoms with van der Waals surface area (Å²) in [5.41, 5.74) is 6.96. The molecule has 3 N–H and O–H groups in total. The Kier molecular flexibility index (Phi) is 5.81. The third kappa shape index (κ3) is 3.89. The van der Waals surface area contributed by atoms with Crippen LogP contribution in [-0.4, -0.2) is 39.7 Å². The van der Waals surface area contributed by atoms with Gasteiger partial charge in [0.1, 0.15) is 29.0 Å². The summed E-state index contributed by atoms with van der Waals surface area (Å²) in [5.74, 6) is 0.154. The van der Waals surface area contributed by atoms with Crippen LogP contribution in [0.4, 0.5) is 16.0 Å². The van der Waals surface area contributed by atoms with Crippen LogP contribution in [0.25, 0.3) is 5.65 Å². The number of ether oxygens (including phenoxy) is 1. The van der Waals surface area contributed by atoms with Crippen molar-refractivity contribution in [3.05, 3.63) is 46.9 Å². The molecule has 1 aromatic carbocycles. The molecule has 0 saturated carbocycles. The number of anilines is 2. The number of aromatic nitrogens is 3. The number of hydrogen-bond acceptors (Lipinski definition) is 7. The topological polar surface area (TPSA) is 122 Å². The van der Waals surface area contributed by atoms with E-state index in [0.29, 0.717) is 48.7 Å². The van der Waals surface area contributed by atoms with Crippen LogP contribution in [0.5, 0.6) is 5.75 Å². The zero-order valence-electron chi connectivity index (χ0n) is 17.9. The molecule has 1 amide bonds. The van der Waals surface area contributed by atoms with E-state index in [1.165, 1.54) is 10.6 Å². The highest BCUT2D eigenvalue weighted by atomic mass is 19.1. The molecular formula is C22H24FN7O2. The molecule has 3 heterocycles. The molecule has 0 unspecified atom stereocenters. The Balaban J connectivity index is 1.87. The molecule has 1 aliphatic rings. The maximum atomic E-state index is 14.5. The Hall–Kier alpha value is -3.87. The first kappa shape index (κ1) is 21.4. The van der Waals surface area contributed by atoms with Crippen LogP contribution in [0.2, 0.25) is 0 Å². The van der Waals surface area contributed by atoms with E-state index in [0.717, 1.165) is 0 Å². The van der Waals surface area contributed by atoms with Crippen LogP contribution >= 0.6 is 0 Å². The van der Waals surface area contributed by atoms with Crippen molar-refractivity contribution in [2.24, 2.45) is 0 Å². The van der Waals surface area contributed by atoms with Gasteiger partial charge in [0.25, 0.3) is 5.91 Å². The molecule has 1 aliphatic heterocycles. The average molecular weight is 437 g/mol. The van der Waals surface area contributed by atoms with Crippen LogP contribution in [-0.2, 0) is 6.54 Å². The Morgan fingerprint density at radius 1 is 1.41 bits per heavy atom. The summed E-state index contributed by atoms with van der Waals surface area (Å²) in [6.45, 7) is 4.97. The number of benzene rings is 1. The van der Waals surface area contributed by atoms with Crippen molar-refractivity contribution >= 4 is 23.2 Å².